The van der Waals surface area contributed by atoms with E-state index in [1.807, 2.05) is 0 Å². The van der Waals surface area contributed by atoms with Gasteiger partial charge in [-0.25, -0.2) is 12.8 Å². The Hall–Kier alpha value is -3.79. The Balaban J connectivity index is 1.93. The topological polar surface area (TPSA) is 94.2 Å². The van der Waals surface area contributed by atoms with E-state index in [0.717, 1.165) is 15.9 Å². The zero-order chi connectivity index (χ0) is 25.6. The Morgan fingerprint density at radius 2 is 1.60 bits per heavy atom. The number of hydrogen-bond acceptors (Lipinski definition) is 6. The fourth-order valence-electron chi connectivity index (χ4n) is 3.45. The molecule has 0 bridgehead atoms. The second-order valence-electron chi connectivity index (χ2n) is 7.54. The molecule has 35 heavy (non-hydrogen) atoms. The highest BCUT2D eigenvalue weighted by Crippen LogP contribution is 2.33. The molecule has 0 heterocycles. The average molecular weight is 503 g/mol. The summed E-state index contributed by atoms with van der Waals surface area (Å²) in [6.07, 6.45) is 0. The number of para-hydroxylation sites is 1. The van der Waals surface area contributed by atoms with Gasteiger partial charge in [-0.1, -0.05) is 24.3 Å². The van der Waals surface area contributed by atoms with Crippen LogP contribution in [-0.2, 0) is 14.8 Å². The summed E-state index contributed by atoms with van der Waals surface area (Å²) in [7, 11) is -0.0118. The van der Waals surface area contributed by atoms with E-state index in [2.05, 4.69) is 5.32 Å². The van der Waals surface area contributed by atoms with E-state index in [-0.39, 0.29) is 16.3 Å². The normalized spacial score (nSPS) is 11.9. The third-order valence-corrected chi connectivity index (χ3v) is 7.10. The number of nitrogens with zero attached hydrogens (tertiary/aromatic N) is 1. The number of ether oxygens (including phenoxy) is 3. The molecule has 3 aromatic carbocycles. The van der Waals surface area contributed by atoms with Gasteiger partial charge >= 0.3 is 0 Å². The molecule has 186 valence electrons. The number of rotatable bonds is 10. The molecule has 0 saturated carbocycles. The van der Waals surface area contributed by atoms with Crippen molar-refractivity contribution in [1.29, 1.82) is 0 Å². The van der Waals surface area contributed by atoms with Gasteiger partial charge < -0.3 is 19.5 Å². The minimum absolute atomic E-state index is 0.180. The van der Waals surface area contributed by atoms with Gasteiger partial charge in [0.25, 0.3) is 10.0 Å². The van der Waals surface area contributed by atoms with E-state index in [1.54, 1.807) is 38.3 Å². The first kappa shape index (κ1) is 25.8. The number of carbonyl (C=O) groups excluding carboxylic acids is 1. The van der Waals surface area contributed by atoms with Crippen LogP contribution in [0.1, 0.15) is 18.5 Å². The van der Waals surface area contributed by atoms with Gasteiger partial charge in [0.1, 0.15) is 18.1 Å². The first-order valence-corrected chi connectivity index (χ1v) is 12.1. The van der Waals surface area contributed by atoms with Crippen LogP contribution in [0, 0.1) is 5.82 Å². The lowest BCUT2D eigenvalue weighted by Gasteiger charge is -2.25. The van der Waals surface area contributed by atoms with Gasteiger partial charge in [-0.15, -0.1) is 0 Å². The summed E-state index contributed by atoms with van der Waals surface area (Å²) in [4.78, 5) is 12.8. The zero-order valence-electron chi connectivity index (χ0n) is 19.8. The molecule has 1 N–H and O–H groups in total. The fourth-order valence-corrected chi connectivity index (χ4v) is 4.90. The van der Waals surface area contributed by atoms with E-state index in [1.165, 1.54) is 50.6 Å². The predicted molar refractivity (Wildman–Crippen MR) is 130 cm³/mol. The highest BCUT2D eigenvalue weighted by Gasteiger charge is 2.30. The maximum Gasteiger partial charge on any atom is 0.265 e. The van der Waals surface area contributed by atoms with Gasteiger partial charge in [0.15, 0.2) is 11.5 Å². The molecular weight excluding hydrogens is 475 g/mol. The monoisotopic (exact) mass is 502 g/mol. The highest BCUT2D eigenvalue weighted by atomic mass is 32.2. The van der Waals surface area contributed by atoms with E-state index < -0.39 is 34.3 Å². The summed E-state index contributed by atoms with van der Waals surface area (Å²) in [5.41, 5.74) is 0.536. The molecule has 3 rings (SSSR count). The maximum atomic E-state index is 14.7. The van der Waals surface area contributed by atoms with Crippen molar-refractivity contribution in [2.75, 3.05) is 32.2 Å². The lowest BCUT2D eigenvalue weighted by molar-refractivity contribution is -0.120. The van der Waals surface area contributed by atoms with E-state index in [4.69, 9.17) is 14.2 Å². The van der Waals surface area contributed by atoms with Crippen molar-refractivity contribution in [1.82, 2.24) is 5.32 Å². The fraction of sp³-hybridized carbons (Fsp3) is 0.240. The van der Waals surface area contributed by atoms with Crippen LogP contribution in [0.5, 0.6) is 17.2 Å². The SMILES string of the molecule is COc1ccc(C(C)NC(=O)CN(c2ccccc2F)S(=O)(=O)c2ccc(OC)c(OC)c2)cc1. The number of benzene rings is 3. The van der Waals surface area contributed by atoms with Crippen molar-refractivity contribution in [3.8, 4) is 17.2 Å². The summed E-state index contributed by atoms with van der Waals surface area (Å²) < 4.78 is 58.1. The molecule has 10 heteroatoms. The van der Waals surface area contributed by atoms with Crippen molar-refractivity contribution in [2.45, 2.75) is 17.9 Å². The van der Waals surface area contributed by atoms with Gasteiger partial charge in [0, 0.05) is 6.07 Å². The van der Waals surface area contributed by atoms with E-state index >= 15 is 0 Å². The first-order valence-electron chi connectivity index (χ1n) is 10.6. The Bertz CT molecular complexity index is 1280. The lowest BCUT2D eigenvalue weighted by atomic mass is 10.1. The largest absolute Gasteiger partial charge is 0.497 e. The number of anilines is 1. The number of amides is 1. The molecule has 0 aliphatic rings. The van der Waals surface area contributed by atoms with E-state index in [0.29, 0.717) is 11.5 Å². The molecule has 0 saturated heterocycles. The number of halogens is 1. The number of carbonyl (C=O) groups is 1. The van der Waals surface area contributed by atoms with Crippen LogP contribution in [0.2, 0.25) is 0 Å². The molecule has 1 amide bonds. The quantitative estimate of drug-likeness (QED) is 0.452. The Kier molecular flexibility index (Phi) is 8.18. The second-order valence-corrected chi connectivity index (χ2v) is 9.40. The van der Waals surface area contributed by atoms with Crippen molar-refractivity contribution < 1.29 is 31.8 Å². The molecule has 0 spiro atoms. The molecule has 3 aromatic rings. The van der Waals surface area contributed by atoms with Crippen LogP contribution >= 0.6 is 0 Å². The number of sulfonamides is 1. The van der Waals surface area contributed by atoms with Crippen molar-refractivity contribution >= 4 is 21.6 Å². The molecule has 0 radical (unpaired) electrons. The maximum absolute atomic E-state index is 14.7. The predicted octanol–water partition coefficient (Wildman–Crippen LogP) is 3.92. The van der Waals surface area contributed by atoms with Gasteiger partial charge in [-0.2, -0.15) is 0 Å². The molecule has 1 atom stereocenters. The Labute approximate surface area is 204 Å². The molecule has 0 aliphatic heterocycles. The number of methoxy groups -OCH3 is 3. The minimum atomic E-state index is -4.36. The average Bonchev–Trinajstić information content (AvgIpc) is 2.87. The van der Waals surface area contributed by atoms with Crippen LogP contribution in [0.15, 0.2) is 71.6 Å². The number of nitrogens with one attached hydrogen (secondary N) is 1. The van der Waals surface area contributed by atoms with Crippen LogP contribution in [-0.4, -0.2) is 42.2 Å². The summed E-state index contributed by atoms with van der Waals surface area (Å²) in [6, 6.07) is 16.0. The van der Waals surface area contributed by atoms with Crippen LogP contribution in [0.25, 0.3) is 0 Å². The lowest BCUT2D eigenvalue weighted by Crippen LogP contribution is -2.42. The third kappa shape index (κ3) is 5.83. The number of hydrogen-bond donors (Lipinski definition) is 1. The minimum Gasteiger partial charge on any atom is -0.497 e. The molecule has 8 nitrogen and oxygen atoms in total. The van der Waals surface area contributed by atoms with Gasteiger partial charge in [-0.05, 0) is 48.9 Å². The molecule has 1 unspecified atom stereocenters. The molecule has 0 aromatic heterocycles. The third-order valence-electron chi connectivity index (χ3n) is 5.34. The van der Waals surface area contributed by atoms with E-state index in [9.17, 15) is 17.6 Å². The van der Waals surface area contributed by atoms with Crippen LogP contribution in [0.4, 0.5) is 10.1 Å². The van der Waals surface area contributed by atoms with Crippen molar-refractivity contribution in [3.63, 3.8) is 0 Å². The summed E-state index contributed by atoms with van der Waals surface area (Å²) in [5.74, 6) is -0.221. The first-order chi connectivity index (χ1) is 16.7. The summed E-state index contributed by atoms with van der Waals surface area (Å²) >= 11 is 0. The molecular formula is C25H27FN2O6S. The van der Waals surface area contributed by atoms with Crippen LogP contribution < -0.4 is 23.8 Å². The smallest absolute Gasteiger partial charge is 0.265 e. The highest BCUT2D eigenvalue weighted by molar-refractivity contribution is 7.92. The van der Waals surface area contributed by atoms with Crippen LogP contribution in [0.3, 0.4) is 0 Å². The summed E-state index contributed by atoms with van der Waals surface area (Å²) in [5, 5.41) is 2.76. The standard InChI is InChI=1S/C25H27FN2O6S/c1-17(18-9-11-19(32-2)12-10-18)27-25(29)16-28(22-8-6-5-7-21(22)26)35(30,31)20-13-14-23(33-3)24(15-20)34-4/h5-15,17H,16H2,1-4H3,(H,27,29). The Morgan fingerprint density at radius 3 is 2.20 bits per heavy atom. The van der Waals surface area contributed by atoms with Crippen molar-refractivity contribution in [3.05, 3.63) is 78.1 Å². The second kappa shape index (κ2) is 11.1. The Morgan fingerprint density at radius 1 is 0.943 bits per heavy atom. The van der Waals surface area contributed by atoms with Crippen molar-refractivity contribution in [2.24, 2.45) is 0 Å². The zero-order valence-corrected chi connectivity index (χ0v) is 20.6. The molecule has 0 fully saturated rings. The van der Waals surface area contributed by atoms with Gasteiger partial charge in [0.05, 0.1) is 38.0 Å². The summed E-state index contributed by atoms with van der Waals surface area (Å²) in [6.45, 7) is 1.12. The molecule has 0 aliphatic carbocycles. The van der Waals surface area contributed by atoms with Gasteiger partial charge in [-0.3, -0.25) is 9.10 Å². The van der Waals surface area contributed by atoms with Gasteiger partial charge in [0.2, 0.25) is 5.91 Å².